The van der Waals surface area contributed by atoms with Crippen molar-refractivity contribution in [3.05, 3.63) is 59.2 Å². The Morgan fingerprint density at radius 1 is 1.17 bits per heavy atom. The van der Waals surface area contributed by atoms with Crippen LogP contribution in [0.25, 0.3) is 0 Å². The first-order valence-electron chi connectivity index (χ1n) is 8.09. The SMILES string of the molecule is Cc1ccccc1OCCN=C(N)Nc1ccc2c(c1)CCC2.I. The normalized spacial score (nSPS) is 13.1. The van der Waals surface area contributed by atoms with Crippen molar-refractivity contribution in [3.63, 3.8) is 0 Å². The van der Waals surface area contributed by atoms with Crippen molar-refractivity contribution in [3.8, 4) is 5.75 Å². The molecular weight excluding hydrogens is 413 g/mol. The van der Waals surface area contributed by atoms with Gasteiger partial charge in [-0.15, -0.1) is 24.0 Å². The van der Waals surface area contributed by atoms with E-state index in [-0.39, 0.29) is 24.0 Å². The lowest BCUT2D eigenvalue weighted by Crippen LogP contribution is -2.23. The molecule has 0 saturated heterocycles. The predicted molar refractivity (Wildman–Crippen MR) is 111 cm³/mol. The molecular formula is C19H24IN3O. The largest absolute Gasteiger partial charge is 0.491 e. The number of rotatable bonds is 5. The number of nitrogens with zero attached hydrogens (tertiary/aromatic N) is 1. The van der Waals surface area contributed by atoms with Crippen LogP contribution in [0.3, 0.4) is 0 Å². The van der Waals surface area contributed by atoms with Gasteiger partial charge in [0.1, 0.15) is 12.4 Å². The number of aryl methyl sites for hydroxylation is 3. The second-order valence-electron chi connectivity index (χ2n) is 5.84. The van der Waals surface area contributed by atoms with E-state index < -0.39 is 0 Å². The van der Waals surface area contributed by atoms with Crippen LogP contribution in [0.2, 0.25) is 0 Å². The minimum absolute atomic E-state index is 0. The van der Waals surface area contributed by atoms with E-state index in [0.29, 0.717) is 19.1 Å². The molecule has 1 aliphatic carbocycles. The number of anilines is 1. The zero-order chi connectivity index (χ0) is 16.1. The van der Waals surface area contributed by atoms with Gasteiger partial charge in [0.2, 0.25) is 0 Å². The number of aliphatic imine (C=N–C) groups is 1. The summed E-state index contributed by atoms with van der Waals surface area (Å²) in [5, 5.41) is 3.15. The molecule has 2 aromatic rings. The van der Waals surface area contributed by atoms with Crippen LogP contribution in [0.1, 0.15) is 23.1 Å². The summed E-state index contributed by atoms with van der Waals surface area (Å²) in [6.45, 7) is 3.07. The summed E-state index contributed by atoms with van der Waals surface area (Å²) in [4.78, 5) is 4.32. The second kappa shape index (κ2) is 8.92. The zero-order valence-corrected chi connectivity index (χ0v) is 16.2. The van der Waals surface area contributed by atoms with Crippen molar-refractivity contribution in [2.24, 2.45) is 10.7 Å². The maximum atomic E-state index is 5.94. The number of halogens is 1. The van der Waals surface area contributed by atoms with E-state index in [0.717, 1.165) is 23.4 Å². The number of ether oxygens (including phenoxy) is 1. The predicted octanol–water partition coefficient (Wildman–Crippen LogP) is 3.91. The molecule has 0 aromatic heterocycles. The van der Waals surface area contributed by atoms with E-state index in [1.165, 1.54) is 24.0 Å². The summed E-state index contributed by atoms with van der Waals surface area (Å²) in [5.74, 6) is 1.32. The average Bonchev–Trinajstić information content (AvgIpc) is 3.01. The highest BCUT2D eigenvalue weighted by molar-refractivity contribution is 14.0. The second-order valence-corrected chi connectivity index (χ2v) is 5.84. The highest BCUT2D eigenvalue weighted by atomic mass is 127. The number of guanidine groups is 1. The van der Waals surface area contributed by atoms with Gasteiger partial charge >= 0.3 is 0 Å². The van der Waals surface area contributed by atoms with Crippen LogP contribution in [0, 0.1) is 6.92 Å². The van der Waals surface area contributed by atoms with Gasteiger partial charge in [-0.05, 0) is 61.1 Å². The first kappa shape index (κ1) is 18.6. The molecule has 0 bridgehead atoms. The Bertz CT molecular complexity index is 716. The standard InChI is InChI=1S/C19H23N3O.HI/c1-14-5-2-3-8-18(14)23-12-11-21-19(20)22-17-10-9-15-6-4-7-16(15)13-17;/h2-3,5,8-10,13H,4,6-7,11-12H2,1H3,(H3,20,21,22);1H. The minimum atomic E-state index is 0. The molecule has 0 amide bonds. The fourth-order valence-electron chi connectivity index (χ4n) is 2.88. The van der Waals surface area contributed by atoms with E-state index in [2.05, 4.69) is 28.5 Å². The number of fused-ring (bicyclic) bond motifs is 1. The van der Waals surface area contributed by atoms with Crippen molar-refractivity contribution >= 4 is 35.6 Å². The molecule has 1 aliphatic rings. The molecule has 128 valence electrons. The fraction of sp³-hybridized carbons (Fsp3) is 0.316. The van der Waals surface area contributed by atoms with Crippen molar-refractivity contribution < 1.29 is 4.74 Å². The van der Waals surface area contributed by atoms with Gasteiger partial charge in [0.15, 0.2) is 5.96 Å². The Labute approximate surface area is 160 Å². The first-order valence-corrected chi connectivity index (χ1v) is 8.09. The Hall–Kier alpha value is -1.76. The molecule has 0 unspecified atom stereocenters. The molecule has 3 N–H and O–H groups in total. The number of hydrogen-bond donors (Lipinski definition) is 2. The van der Waals surface area contributed by atoms with Gasteiger partial charge in [0, 0.05) is 5.69 Å². The minimum Gasteiger partial charge on any atom is -0.491 e. The lowest BCUT2D eigenvalue weighted by atomic mass is 10.1. The van der Waals surface area contributed by atoms with Gasteiger partial charge in [-0.2, -0.15) is 0 Å². The maximum absolute atomic E-state index is 5.94. The van der Waals surface area contributed by atoms with Gasteiger partial charge in [-0.25, -0.2) is 4.99 Å². The third kappa shape index (κ3) is 4.87. The van der Waals surface area contributed by atoms with E-state index in [4.69, 9.17) is 10.5 Å². The maximum Gasteiger partial charge on any atom is 0.193 e. The molecule has 3 rings (SSSR count). The summed E-state index contributed by atoms with van der Waals surface area (Å²) in [6.07, 6.45) is 3.60. The van der Waals surface area contributed by atoms with Gasteiger partial charge in [-0.1, -0.05) is 24.3 Å². The Balaban J connectivity index is 0.00000208. The van der Waals surface area contributed by atoms with Gasteiger partial charge in [-0.3, -0.25) is 0 Å². The Morgan fingerprint density at radius 3 is 2.79 bits per heavy atom. The first-order chi connectivity index (χ1) is 11.2. The van der Waals surface area contributed by atoms with Crippen molar-refractivity contribution in [1.82, 2.24) is 0 Å². The summed E-state index contributed by atoms with van der Waals surface area (Å²) >= 11 is 0. The molecule has 0 aliphatic heterocycles. The molecule has 0 saturated carbocycles. The quantitative estimate of drug-likeness (QED) is 0.323. The fourth-order valence-corrected chi connectivity index (χ4v) is 2.88. The van der Waals surface area contributed by atoms with Crippen molar-refractivity contribution in [2.75, 3.05) is 18.5 Å². The summed E-state index contributed by atoms with van der Waals surface area (Å²) in [7, 11) is 0. The van der Waals surface area contributed by atoms with Gasteiger partial charge < -0.3 is 15.8 Å². The highest BCUT2D eigenvalue weighted by Crippen LogP contribution is 2.24. The molecule has 2 aromatic carbocycles. The van der Waals surface area contributed by atoms with Crippen molar-refractivity contribution in [1.29, 1.82) is 0 Å². The number of para-hydroxylation sites is 1. The third-order valence-electron chi connectivity index (χ3n) is 4.10. The lowest BCUT2D eigenvalue weighted by Gasteiger charge is -2.09. The van der Waals surface area contributed by atoms with Crippen LogP contribution in [0.15, 0.2) is 47.5 Å². The van der Waals surface area contributed by atoms with E-state index in [1.54, 1.807) is 0 Å². The number of nitrogens with two attached hydrogens (primary N) is 1. The number of nitrogens with one attached hydrogen (secondary N) is 1. The van der Waals surface area contributed by atoms with Gasteiger partial charge in [0.05, 0.1) is 6.54 Å². The molecule has 4 nitrogen and oxygen atoms in total. The monoisotopic (exact) mass is 437 g/mol. The van der Waals surface area contributed by atoms with E-state index in [1.807, 2.05) is 31.2 Å². The molecule has 0 heterocycles. The summed E-state index contributed by atoms with van der Waals surface area (Å²) in [6, 6.07) is 14.4. The van der Waals surface area contributed by atoms with E-state index >= 15 is 0 Å². The van der Waals surface area contributed by atoms with Crippen LogP contribution in [-0.4, -0.2) is 19.1 Å². The smallest absolute Gasteiger partial charge is 0.193 e. The molecule has 0 atom stereocenters. The summed E-state index contributed by atoms with van der Waals surface area (Å²) < 4.78 is 5.71. The number of benzene rings is 2. The average molecular weight is 437 g/mol. The Morgan fingerprint density at radius 2 is 1.96 bits per heavy atom. The summed E-state index contributed by atoms with van der Waals surface area (Å²) in [5.41, 5.74) is 11.0. The Kier molecular flexibility index (Phi) is 6.90. The molecule has 0 fully saturated rings. The molecule has 0 radical (unpaired) electrons. The van der Waals surface area contributed by atoms with Crippen LogP contribution in [0.5, 0.6) is 5.75 Å². The molecule has 0 spiro atoms. The highest BCUT2D eigenvalue weighted by Gasteiger charge is 2.10. The van der Waals surface area contributed by atoms with Crippen LogP contribution in [-0.2, 0) is 12.8 Å². The van der Waals surface area contributed by atoms with Crippen LogP contribution >= 0.6 is 24.0 Å². The van der Waals surface area contributed by atoms with Crippen LogP contribution in [0.4, 0.5) is 5.69 Å². The third-order valence-corrected chi connectivity index (χ3v) is 4.10. The molecule has 24 heavy (non-hydrogen) atoms. The zero-order valence-electron chi connectivity index (χ0n) is 13.9. The van der Waals surface area contributed by atoms with E-state index in [9.17, 15) is 0 Å². The topological polar surface area (TPSA) is 59.6 Å². The lowest BCUT2D eigenvalue weighted by molar-refractivity contribution is 0.326. The molecule has 5 heteroatoms. The van der Waals surface area contributed by atoms with Gasteiger partial charge in [0.25, 0.3) is 0 Å². The van der Waals surface area contributed by atoms with Crippen molar-refractivity contribution in [2.45, 2.75) is 26.2 Å². The van der Waals surface area contributed by atoms with Crippen LogP contribution < -0.4 is 15.8 Å². The number of hydrogen-bond acceptors (Lipinski definition) is 2.